The molecule has 118 valence electrons. The van der Waals surface area contributed by atoms with Crippen LogP contribution in [-0.4, -0.2) is 0 Å². The first-order chi connectivity index (χ1) is 11.3. The van der Waals surface area contributed by atoms with Crippen LogP contribution < -0.4 is 5.73 Å². The van der Waals surface area contributed by atoms with Crippen LogP contribution in [0.5, 0.6) is 0 Å². The van der Waals surface area contributed by atoms with Crippen molar-refractivity contribution in [3.05, 3.63) is 42.0 Å². The van der Waals surface area contributed by atoms with Crippen molar-refractivity contribution in [2.24, 2.45) is 0 Å². The summed E-state index contributed by atoms with van der Waals surface area (Å²) in [6.07, 6.45) is 6.52. The molecule has 0 radical (unpaired) electrons. The largest absolute Gasteiger partial charge is 0.399 e. The second-order valence-electron chi connectivity index (χ2n) is 6.26. The van der Waals surface area contributed by atoms with Crippen molar-refractivity contribution in [1.29, 1.82) is 0 Å². The molecule has 0 bridgehead atoms. The van der Waals surface area contributed by atoms with Crippen LogP contribution in [0, 0.1) is 0 Å². The maximum Gasteiger partial charge on any atom is 0.0542 e. The minimum absolute atomic E-state index is 0.852. The van der Waals surface area contributed by atoms with Gasteiger partial charge in [-0.15, -0.1) is 22.7 Å². The molecular weight excluding hydrogens is 318 g/mol. The standard InChI is InChI=1S/C20H21NS2/c1-2-3-4-5-6-13-7-9-15-17(11-13)22-20-16-10-8-14(21)12-18(16)23-19(15)20/h7-12H,2-6,21H2,1H3. The van der Waals surface area contributed by atoms with Gasteiger partial charge in [-0.2, -0.15) is 0 Å². The molecule has 0 saturated heterocycles. The van der Waals surface area contributed by atoms with Crippen molar-refractivity contribution in [3.8, 4) is 0 Å². The summed E-state index contributed by atoms with van der Waals surface area (Å²) in [4.78, 5) is 0. The van der Waals surface area contributed by atoms with E-state index in [1.165, 1.54) is 67.2 Å². The molecule has 0 aliphatic rings. The van der Waals surface area contributed by atoms with E-state index < -0.39 is 0 Å². The van der Waals surface area contributed by atoms with E-state index in [4.69, 9.17) is 5.73 Å². The van der Waals surface area contributed by atoms with Crippen molar-refractivity contribution < 1.29 is 0 Å². The second-order valence-corrected chi connectivity index (χ2v) is 8.36. The zero-order valence-corrected chi connectivity index (χ0v) is 15.0. The van der Waals surface area contributed by atoms with E-state index in [0.717, 1.165) is 5.69 Å². The smallest absolute Gasteiger partial charge is 0.0542 e. The van der Waals surface area contributed by atoms with Crippen LogP contribution in [-0.2, 0) is 6.42 Å². The van der Waals surface area contributed by atoms with Gasteiger partial charge < -0.3 is 5.73 Å². The molecule has 2 heterocycles. The lowest BCUT2D eigenvalue weighted by molar-refractivity contribution is 0.667. The Kier molecular flexibility index (Phi) is 4.00. The SMILES string of the molecule is CCCCCCc1ccc2c(c1)sc1c3ccc(N)cc3sc21. The summed E-state index contributed by atoms with van der Waals surface area (Å²) in [5.41, 5.74) is 8.26. The number of nitrogen functional groups attached to an aromatic ring is 1. The van der Waals surface area contributed by atoms with E-state index in [1.807, 2.05) is 28.7 Å². The first-order valence-electron chi connectivity index (χ1n) is 8.39. The van der Waals surface area contributed by atoms with Crippen molar-refractivity contribution in [2.75, 3.05) is 5.73 Å². The maximum atomic E-state index is 5.92. The zero-order chi connectivity index (χ0) is 15.8. The number of nitrogens with two attached hydrogens (primary N) is 1. The quantitative estimate of drug-likeness (QED) is 0.308. The molecule has 0 saturated carbocycles. The number of hydrogen-bond donors (Lipinski definition) is 1. The zero-order valence-electron chi connectivity index (χ0n) is 13.4. The van der Waals surface area contributed by atoms with E-state index in [-0.39, 0.29) is 0 Å². The fourth-order valence-corrected chi connectivity index (χ4v) is 5.99. The summed E-state index contributed by atoms with van der Waals surface area (Å²) in [7, 11) is 0. The Hall–Kier alpha value is -1.58. The summed E-state index contributed by atoms with van der Waals surface area (Å²) in [5.74, 6) is 0. The first kappa shape index (κ1) is 15.0. The van der Waals surface area contributed by atoms with Crippen molar-refractivity contribution in [2.45, 2.75) is 39.0 Å². The molecule has 0 unspecified atom stereocenters. The molecule has 0 atom stereocenters. The van der Waals surface area contributed by atoms with Gasteiger partial charge in [-0.25, -0.2) is 0 Å². The lowest BCUT2D eigenvalue weighted by Gasteiger charge is -2.01. The van der Waals surface area contributed by atoms with Crippen molar-refractivity contribution in [1.82, 2.24) is 0 Å². The van der Waals surface area contributed by atoms with Crippen LogP contribution in [0.25, 0.3) is 29.6 Å². The lowest BCUT2D eigenvalue weighted by atomic mass is 10.1. The minimum Gasteiger partial charge on any atom is -0.399 e. The number of unbranched alkanes of at least 4 members (excludes halogenated alkanes) is 3. The van der Waals surface area contributed by atoms with Gasteiger partial charge in [0.25, 0.3) is 0 Å². The fraction of sp³-hybridized carbons (Fsp3) is 0.300. The predicted octanol–water partition coefficient (Wildman–Crippen LogP) is 6.97. The minimum atomic E-state index is 0.852. The van der Waals surface area contributed by atoms with Gasteiger partial charge in [0.1, 0.15) is 0 Å². The first-order valence-corrected chi connectivity index (χ1v) is 10.0. The molecule has 2 aromatic heterocycles. The van der Waals surface area contributed by atoms with E-state index in [9.17, 15) is 0 Å². The maximum absolute atomic E-state index is 5.92. The topological polar surface area (TPSA) is 26.0 Å². The second kappa shape index (κ2) is 6.14. The average Bonchev–Trinajstić information content (AvgIpc) is 3.06. The van der Waals surface area contributed by atoms with Crippen LogP contribution in [0.2, 0.25) is 0 Å². The van der Waals surface area contributed by atoms with Gasteiger partial charge in [-0.1, -0.05) is 44.4 Å². The molecule has 3 heteroatoms. The molecule has 0 aliphatic heterocycles. The van der Waals surface area contributed by atoms with Crippen LogP contribution in [0.1, 0.15) is 38.2 Å². The molecule has 0 amide bonds. The van der Waals surface area contributed by atoms with Crippen LogP contribution >= 0.6 is 22.7 Å². The summed E-state index contributed by atoms with van der Waals surface area (Å²) < 4.78 is 5.57. The Labute approximate surface area is 144 Å². The Morgan fingerprint density at radius 3 is 2.26 bits per heavy atom. The van der Waals surface area contributed by atoms with Crippen molar-refractivity contribution >= 4 is 57.9 Å². The average molecular weight is 340 g/mol. The number of hydrogen-bond acceptors (Lipinski definition) is 3. The highest BCUT2D eigenvalue weighted by molar-refractivity contribution is 7.36. The van der Waals surface area contributed by atoms with Gasteiger partial charge in [-0.05, 0) is 36.6 Å². The molecule has 4 rings (SSSR count). The monoisotopic (exact) mass is 339 g/mol. The summed E-state index contributed by atoms with van der Waals surface area (Å²) in [6, 6.07) is 13.3. The molecular formula is C20H21NS2. The lowest BCUT2D eigenvalue weighted by Crippen LogP contribution is -1.85. The van der Waals surface area contributed by atoms with E-state index in [0.29, 0.717) is 0 Å². The molecule has 0 spiro atoms. The van der Waals surface area contributed by atoms with Crippen LogP contribution in [0.3, 0.4) is 0 Å². The number of aryl methyl sites for hydroxylation is 1. The highest BCUT2D eigenvalue weighted by Crippen LogP contribution is 2.44. The summed E-state index contributed by atoms with van der Waals surface area (Å²) in [5, 5.41) is 2.76. The number of fused-ring (bicyclic) bond motifs is 5. The van der Waals surface area contributed by atoms with E-state index in [2.05, 4.69) is 37.3 Å². The molecule has 2 aromatic carbocycles. The van der Waals surface area contributed by atoms with Gasteiger partial charge in [0.2, 0.25) is 0 Å². The molecule has 2 N–H and O–H groups in total. The number of rotatable bonds is 5. The van der Waals surface area contributed by atoms with Crippen LogP contribution in [0.15, 0.2) is 36.4 Å². The Morgan fingerprint density at radius 2 is 1.52 bits per heavy atom. The van der Waals surface area contributed by atoms with E-state index in [1.54, 1.807) is 0 Å². The third-order valence-corrected chi connectivity index (χ3v) is 6.99. The van der Waals surface area contributed by atoms with Crippen molar-refractivity contribution in [3.63, 3.8) is 0 Å². The van der Waals surface area contributed by atoms with Gasteiger partial charge in [0.05, 0.1) is 9.40 Å². The summed E-state index contributed by atoms with van der Waals surface area (Å²) >= 11 is 3.80. The van der Waals surface area contributed by atoms with Gasteiger partial charge in [-0.3, -0.25) is 0 Å². The van der Waals surface area contributed by atoms with Gasteiger partial charge in [0, 0.05) is 25.9 Å². The Morgan fingerprint density at radius 1 is 0.826 bits per heavy atom. The third-order valence-electron chi connectivity index (χ3n) is 4.49. The highest BCUT2D eigenvalue weighted by atomic mass is 32.1. The molecule has 0 fully saturated rings. The van der Waals surface area contributed by atoms with E-state index >= 15 is 0 Å². The molecule has 23 heavy (non-hydrogen) atoms. The Bertz CT molecular complexity index is 977. The Balaban J connectivity index is 1.73. The molecule has 0 aliphatic carbocycles. The highest BCUT2D eigenvalue weighted by Gasteiger charge is 2.12. The van der Waals surface area contributed by atoms with Crippen LogP contribution in [0.4, 0.5) is 5.69 Å². The summed E-state index contributed by atoms with van der Waals surface area (Å²) in [6.45, 7) is 2.27. The number of thiophene rings is 2. The molecule has 1 nitrogen and oxygen atoms in total. The van der Waals surface area contributed by atoms with Gasteiger partial charge >= 0.3 is 0 Å². The normalized spacial score (nSPS) is 11.9. The number of benzene rings is 2. The molecule has 4 aromatic rings. The third kappa shape index (κ3) is 2.73. The number of anilines is 1. The fourth-order valence-electron chi connectivity index (χ4n) is 3.23. The van der Waals surface area contributed by atoms with Gasteiger partial charge in [0.15, 0.2) is 0 Å². The predicted molar refractivity (Wildman–Crippen MR) is 107 cm³/mol.